The van der Waals surface area contributed by atoms with Gasteiger partial charge in [0.2, 0.25) is 0 Å². The molecule has 2 rings (SSSR count). The van der Waals surface area contributed by atoms with E-state index >= 15 is 0 Å². The zero-order valence-corrected chi connectivity index (χ0v) is 7.63. The van der Waals surface area contributed by atoms with Crippen LogP contribution in [0.25, 0.3) is 0 Å². The van der Waals surface area contributed by atoms with Crippen molar-refractivity contribution in [3.8, 4) is 0 Å². The number of benzene rings is 1. The van der Waals surface area contributed by atoms with Crippen molar-refractivity contribution in [2.75, 3.05) is 0 Å². The van der Waals surface area contributed by atoms with Gasteiger partial charge in [0.15, 0.2) is 0 Å². The molecule has 1 N–H and O–H groups in total. The van der Waals surface area contributed by atoms with Crippen molar-refractivity contribution in [2.24, 2.45) is 0 Å². The molecule has 0 bridgehead atoms. The van der Waals surface area contributed by atoms with Gasteiger partial charge < -0.3 is 5.11 Å². The van der Waals surface area contributed by atoms with Crippen molar-refractivity contribution in [1.82, 2.24) is 0 Å². The average Bonchev–Trinajstić information content (AvgIpc) is 2.27. The van der Waals surface area contributed by atoms with Crippen LogP contribution in [0.5, 0.6) is 0 Å². The second-order valence-electron chi connectivity index (χ2n) is 2.98. The molecule has 1 aromatic rings. The Kier molecular flexibility index (Phi) is 1.74. The Hall–Kier alpha value is -0.340. The van der Waals surface area contributed by atoms with E-state index in [0.717, 1.165) is 17.3 Å². The molecule has 1 atom stereocenters. The highest BCUT2D eigenvalue weighted by atomic mass is 79.9. The molecule has 0 fully saturated rings. The molecule has 0 aliphatic heterocycles. The fourth-order valence-corrected chi connectivity index (χ4v) is 1.97. The summed E-state index contributed by atoms with van der Waals surface area (Å²) < 4.78 is 1.10. The summed E-state index contributed by atoms with van der Waals surface area (Å²) in [5, 5.41) is 9.33. The predicted octanol–water partition coefficient (Wildman–Crippen LogP) is 1.91. The van der Waals surface area contributed by atoms with Crippen LogP contribution in [0.3, 0.4) is 0 Å². The lowest BCUT2D eigenvalue weighted by atomic mass is 10.1. The minimum absolute atomic E-state index is 0.153. The maximum absolute atomic E-state index is 9.33. The largest absolute Gasteiger partial charge is 0.392 e. The lowest BCUT2D eigenvalue weighted by molar-refractivity contribution is 0.187. The lowest BCUT2D eigenvalue weighted by Gasteiger charge is -1.96. The Morgan fingerprint density at radius 3 is 2.82 bits per heavy atom. The Morgan fingerprint density at radius 2 is 2.00 bits per heavy atom. The van der Waals surface area contributed by atoms with Crippen LogP contribution in [-0.4, -0.2) is 11.2 Å². The van der Waals surface area contributed by atoms with Gasteiger partial charge in [-0.05, 0) is 36.1 Å². The molecular formula is C9H9BrO. The third kappa shape index (κ3) is 1.33. The molecule has 1 aromatic carbocycles. The first-order valence-corrected chi connectivity index (χ1v) is 4.50. The molecule has 2 heteroatoms. The van der Waals surface area contributed by atoms with E-state index in [2.05, 4.69) is 28.1 Å². The molecule has 0 amide bonds. The molecule has 0 aromatic heterocycles. The smallest absolute Gasteiger partial charge is 0.0621 e. The number of hydrogen-bond donors (Lipinski definition) is 1. The van der Waals surface area contributed by atoms with Crippen molar-refractivity contribution in [2.45, 2.75) is 18.9 Å². The van der Waals surface area contributed by atoms with Gasteiger partial charge in [-0.15, -0.1) is 0 Å². The summed E-state index contributed by atoms with van der Waals surface area (Å²) >= 11 is 3.40. The maximum atomic E-state index is 9.33. The van der Waals surface area contributed by atoms with Gasteiger partial charge in [0.1, 0.15) is 0 Å². The molecule has 0 spiro atoms. The fourth-order valence-electron chi connectivity index (χ4n) is 1.56. The fraction of sp³-hybridized carbons (Fsp3) is 0.333. The van der Waals surface area contributed by atoms with E-state index < -0.39 is 0 Å². The summed E-state index contributed by atoms with van der Waals surface area (Å²) in [5.74, 6) is 0. The highest BCUT2D eigenvalue weighted by Crippen LogP contribution is 2.25. The van der Waals surface area contributed by atoms with Crippen molar-refractivity contribution in [3.63, 3.8) is 0 Å². The van der Waals surface area contributed by atoms with Crippen LogP contribution in [0.2, 0.25) is 0 Å². The molecule has 0 saturated carbocycles. The Labute approximate surface area is 74.2 Å². The molecule has 0 saturated heterocycles. The highest BCUT2D eigenvalue weighted by Gasteiger charge is 2.18. The van der Waals surface area contributed by atoms with Crippen LogP contribution >= 0.6 is 15.9 Å². The van der Waals surface area contributed by atoms with Crippen LogP contribution in [0.1, 0.15) is 11.1 Å². The van der Waals surface area contributed by atoms with Crippen LogP contribution in [0.4, 0.5) is 0 Å². The van der Waals surface area contributed by atoms with Crippen molar-refractivity contribution < 1.29 is 5.11 Å². The number of aliphatic hydroxyl groups excluding tert-OH is 1. The molecule has 1 aliphatic carbocycles. The number of aliphatic hydroxyl groups is 1. The summed E-state index contributed by atoms with van der Waals surface area (Å²) in [6.07, 6.45) is 1.48. The van der Waals surface area contributed by atoms with E-state index in [-0.39, 0.29) is 6.10 Å². The first-order chi connectivity index (χ1) is 5.25. The number of halogens is 1. The molecule has 0 radical (unpaired) electrons. The van der Waals surface area contributed by atoms with Gasteiger partial charge in [-0.1, -0.05) is 22.0 Å². The first-order valence-electron chi connectivity index (χ1n) is 3.71. The van der Waals surface area contributed by atoms with Gasteiger partial charge in [0.25, 0.3) is 0 Å². The van der Waals surface area contributed by atoms with Crippen molar-refractivity contribution >= 4 is 15.9 Å². The molecule has 0 heterocycles. The Morgan fingerprint density at radius 1 is 1.27 bits per heavy atom. The van der Waals surface area contributed by atoms with E-state index in [4.69, 9.17) is 0 Å². The van der Waals surface area contributed by atoms with Gasteiger partial charge in [-0.3, -0.25) is 0 Å². The second-order valence-corrected chi connectivity index (χ2v) is 3.89. The molecule has 1 nitrogen and oxygen atoms in total. The minimum atomic E-state index is -0.153. The maximum Gasteiger partial charge on any atom is 0.0621 e. The summed E-state index contributed by atoms with van der Waals surface area (Å²) in [6, 6.07) is 6.19. The number of fused-ring (bicyclic) bond motifs is 1. The van der Waals surface area contributed by atoms with Gasteiger partial charge in [0.05, 0.1) is 6.10 Å². The quantitative estimate of drug-likeness (QED) is 0.697. The van der Waals surface area contributed by atoms with Gasteiger partial charge >= 0.3 is 0 Å². The van der Waals surface area contributed by atoms with E-state index in [1.165, 1.54) is 11.1 Å². The predicted molar refractivity (Wildman–Crippen MR) is 47.6 cm³/mol. The minimum Gasteiger partial charge on any atom is -0.392 e. The highest BCUT2D eigenvalue weighted by molar-refractivity contribution is 9.10. The average molecular weight is 213 g/mol. The monoisotopic (exact) mass is 212 g/mol. The van der Waals surface area contributed by atoms with E-state index in [9.17, 15) is 5.11 Å². The standard InChI is InChI=1S/C9H9BrO/c10-8-2-1-6-4-9(11)5-7(6)3-8/h1-3,9,11H,4-5H2. The van der Waals surface area contributed by atoms with Crippen LogP contribution in [0.15, 0.2) is 22.7 Å². The molecular weight excluding hydrogens is 204 g/mol. The van der Waals surface area contributed by atoms with Crippen LogP contribution < -0.4 is 0 Å². The van der Waals surface area contributed by atoms with Crippen molar-refractivity contribution in [3.05, 3.63) is 33.8 Å². The first kappa shape index (κ1) is 7.32. The molecule has 1 aliphatic rings. The lowest BCUT2D eigenvalue weighted by Crippen LogP contribution is -2.03. The zero-order valence-electron chi connectivity index (χ0n) is 6.05. The third-order valence-corrected chi connectivity index (χ3v) is 2.57. The molecule has 1 unspecified atom stereocenters. The molecule has 58 valence electrons. The van der Waals surface area contributed by atoms with E-state index in [1.807, 2.05) is 6.07 Å². The second kappa shape index (κ2) is 2.61. The van der Waals surface area contributed by atoms with Gasteiger partial charge in [-0.25, -0.2) is 0 Å². The summed E-state index contributed by atoms with van der Waals surface area (Å²) in [5.41, 5.74) is 2.58. The summed E-state index contributed by atoms with van der Waals surface area (Å²) in [6.45, 7) is 0. The number of rotatable bonds is 0. The van der Waals surface area contributed by atoms with Crippen LogP contribution in [-0.2, 0) is 12.8 Å². The zero-order chi connectivity index (χ0) is 7.84. The van der Waals surface area contributed by atoms with Crippen molar-refractivity contribution in [1.29, 1.82) is 0 Å². The summed E-state index contributed by atoms with van der Waals surface area (Å²) in [7, 11) is 0. The SMILES string of the molecule is OC1Cc2ccc(Br)cc2C1. The molecule has 11 heavy (non-hydrogen) atoms. The third-order valence-electron chi connectivity index (χ3n) is 2.08. The summed E-state index contributed by atoms with van der Waals surface area (Å²) in [4.78, 5) is 0. The van der Waals surface area contributed by atoms with Gasteiger partial charge in [0, 0.05) is 4.47 Å². The number of hydrogen-bond acceptors (Lipinski definition) is 1. The normalized spacial score (nSPS) is 21.8. The Balaban J connectivity index is 2.43. The van der Waals surface area contributed by atoms with E-state index in [0.29, 0.717) is 0 Å². The Bertz CT molecular complexity index is 283. The van der Waals surface area contributed by atoms with E-state index in [1.54, 1.807) is 0 Å². The van der Waals surface area contributed by atoms with Crippen LogP contribution in [0, 0.1) is 0 Å². The van der Waals surface area contributed by atoms with Gasteiger partial charge in [-0.2, -0.15) is 0 Å². The topological polar surface area (TPSA) is 20.2 Å².